The number of hydrogen-bond donors (Lipinski definition) is 1. The van der Waals surface area contributed by atoms with E-state index in [0.717, 1.165) is 22.5 Å². The molecule has 0 saturated heterocycles. The van der Waals surface area contributed by atoms with E-state index in [-0.39, 0.29) is 5.56 Å². The molecule has 0 unspecified atom stereocenters. The van der Waals surface area contributed by atoms with Crippen LogP contribution in [-0.4, -0.2) is 20.9 Å². The molecule has 3 aromatic carbocycles. The zero-order valence-corrected chi connectivity index (χ0v) is 13.9. The van der Waals surface area contributed by atoms with Crippen molar-refractivity contribution in [2.45, 2.75) is 0 Å². The third kappa shape index (κ3) is 3.00. The first-order valence-electron chi connectivity index (χ1n) is 8.27. The fourth-order valence-electron chi connectivity index (χ4n) is 2.91. The molecule has 1 N–H and O–H groups in total. The van der Waals surface area contributed by atoms with Gasteiger partial charge >= 0.3 is 5.97 Å². The molecule has 0 spiro atoms. The quantitative estimate of drug-likeness (QED) is 0.574. The Labute approximate surface area is 151 Å². The van der Waals surface area contributed by atoms with Crippen LogP contribution in [-0.2, 0) is 0 Å². The minimum atomic E-state index is -0.955. The molecule has 26 heavy (non-hydrogen) atoms. The lowest BCUT2D eigenvalue weighted by Gasteiger charge is -2.08. The first-order valence-corrected chi connectivity index (χ1v) is 8.27. The summed E-state index contributed by atoms with van der Waals surface area (Å²) in [6.45, 7) is 0. The Balaban J connectivity index is 1.91. The van der Waals surface area contributed by atoms with E-state index in [9.17, 15) is 9.90 Å². The second-order valence-corrected chi connectivity index (χ2v) is 5.91. The highest BCUT2D eigenvalue weighted by molar-refractivity contribution is 5.88. The molecule has 0 amide bonds. The predicted octanol–water partition coefficient (Wildman–Crippen LogP) is 4.90. The molecule has 0 bridgehead atoms. The normalized spacial score (nSPS) is 10.6. The highest BCUT2D eigenvalue weighted by Crippen LogP contribution is 2.28. The topological polar surface area (TPSA) is 55.1 Å². The molecule has 4 nitrogen and oxygen atoms in total. The van der Waals surface area contributed by atoms with Crippen molar-refractivity contribution in [3.05, 3.63) is 96.6 Å². The van der Waals surface area contributed by atoms with E-state index in [1.807, 2.05) is 72.8 Å². The van der Waals surface area contributed by atoms with Gasteiger partial charge in [0.25, 0.3) is 0 Å². The molecular formula is C22H16N2O2. The minimum absolute atomic E-state index is 0.235. The monoisotopic (exact) mass is 340 g/mol. The van der Waals surface area contributed by atoms with Gasteiger partial charge in [0, 0.05) is 11.1 Å². The van der Waals surface area contributed by atoms with Gasteiger partial charge in [-0.3, -0.25) is 0 Å². The molecule has 0 aliphatic heterocycles. The number of benzene rings is 3. The fourth-order valence-corrected chi connectivity index (χ4v) is 2.91. The van der Waals surface area contributed by atoms with Crippen LogP contribution < -0.4 is 0 Å². The molecule has 126 valence electrons. The third-order valence-electron chi connectivity index (χ3n) is 4.19. The molecule has 1 heterocycles. The number of carboxylic acid groups (broad SMARTS) is 1. The predicted molar refractivity (Wildman–Crippen MR) is 101 cm³/mol. The van der Waals surface area contributed by atoms with E-state index in [2.05, 4.69) is 0 Å². The highest BCUT2D eigenvalue weighted by Gasteiger charge is 2.14. The largest absolute Gasteiger partial charge is 0.478 e. The molecule has 0 saturated carbocycles. The highest BCUT2D eigenvalue weighted by atomic mass is 16.4. The molecule has 4 heteroatoms. The van der Waals surface area contributed by atoms with Crippen LogP contribution in [0.3, 0.4) is 0 Å². The second-order valence-electron chi connectivity index (χ2n) is 5.91. The molecule has 0 fully saturated rings. The molecule has 1 aromatic heterocycles. The zero-order chi connectivity index (χ0) is 17.9. The van der Waals surface area contributed by atoms with Crippen molar-refractivity contribution >= 4 is 5.97 Å². The van der Waals surface area contributed by atoms with Crippen LogP contribution in [0, 0.1) is 0 Å². The van der Waals surface area contributed by atoms with Crippen LogP contribution in [0.1, 0.15) is 10.4 Å². The van der Waals surface area contributed by atoms with E-state index >= 15 is 0 Å². The summed E-state index contributed by atoms with van der Waals surface area (Å²) in [4.78, 5) is 11.3. The van der Waals surface area contributed by atoms with Crippen molar-refractivity contribution in [1.29, 1.82) is 0 Å². The summed E-state index contributed by atoms with van der Waals surface area (Å²) in [5, 5.41) is 14.0. The van der Waals surface area contributed by atoms with Crippen molar-refractivity contribution < 1.29 is 9.90 Å². The Kier molecular flexibility index (Phi) is 4.07. The van der Waals surface area contributed by atoms with E-state index in [1.165, 1.54) is 0 Å². The molecule has 0 radical (unpaired) electrons. The summed E-state index contributed by atoms with van der Waals surface area (Å²) in [5.74, 6) is -0.955. The smallest absolute Gasteiger partial charge is 0.335 e. The summed E-state index contributed by atoms with van der Waals surface area (Å²) in [6.07, 6.45) is 0. The number of rotatable bonds is 4. The second kappa shape index (κ2) is 6.69. The van der Waals surface area contributed by atoms with Crippen molar-refractivity contribution in [3.63, 3.8) is 0 Å². The Morgan fingerprint density at radius 2 is 1.42 bits per heavy atom. The Bertz CT molecular complexity index is 1050. The number of nitrogens with zero attached hydrogens (tertiary/aromatic N) is 2. The average molecular weight is 340 g/mol. The van der Waals surface area contributed by atoms with Gasteiger partial charge < -0.3 is 5.11 Å². The van der Waals surface area contributed by atoms with Gasteiger partial charge in [0.2, 0.25) is 0 Å². The number of aromatic carboxylic acids is 1. The lowest BCUT2D eigenvalue weighted by Crippen LogP contribution is -2.02. The van der Waals surface area contributed by atoms with Crippen molar-refractivity contribution in [1.82, 2.24) is 9.78 Å². The van der Waals surface area contributed by atoms with Gasteiger partial charge in [0.1, 0.15) is 0 Å². The van der Waals surface area contributed by atoms with Gasteiger partial charge in [-0.15, -0.1) is 0 Å². The standard InChI is InChI=1S/C22H16N2O2/c25-22(26)18-12-7-13-19(14-18)24-21(17-10-5-2-6-11-17)15-20(23-24)16-8-3-1-4-9-16/h1-15H,(H,25,26). The SMILES string of the molecule is O=C(O)c1cccc(-n2nc(-c3ccccc3)cc2-c2ccccc2)c1. The molecule has 0 aliphatic rings. The van der Waals surface area contributed by atoms with Crippen LogP contribution in [0.15, 0.2) is 91.0 Å². The number of carboxylic acids is 1. The van der Waals surface area contributed by atoms with E-state index in [4.69, 9.17) is 5.10 Å². The Hall–Kier alpha value is -3.66. The summed E-state index contributed by atoms with van der Waals surface area (Å²) >= 11 is 0. The van der Waals surface area contributed by atoms with Crippen molar-refractivity contribution in [2.75, 3.05) is 0 Å². The number of carbonyl (C=O) groups is 1. The van der Waals surface area contributed by atoms with E-state index < -0.39 is 5.97 Å². The molecular weight excluding hydrogens is 324 g/mol. The van der Waals surface area contributed by atoms with E-state index in [0.29, 0.717) is 5.69 Å². The summed E-state index contributed by atoms with van der Waals surface area (Å²) in [6, 6.07) is 28.7. The Morgan fingerprint density at radius 3 is 2.08 bits per heavy atom. The molecule has 0 aliphatic carbocycles. The molecule has 0 atom stereocenters. The lowest BCUT2D eigenvalue weighted by atomic mass is 10.1. The van der Waals surface area contributed by atoms with Gasteiger partial charge in [-0.2, -0.15) is 5.10 Å². The number of hydrogen-bond acceptors (Lipinski definition) is 2. The van der Waals surface area contributed by atoms with Crippen LogP contribution in [0.4, 0.5) is 0 Å². The maximum Gasteiger partial charge on any atom is 0.335 e. The molecule has 4 rings (SSSR count). The van der Waals surface area contributed by atoms with Crippen molar-refractivity contribution in [3.8, 4) is 28.2 Å². The van der Waals surface area contributed by atoms with Gasteiger partial charge in [0.05, 0.1) is 22.6 Å². The first-order chi connectivity index (χ1) is 12.7. The maximum absolute atomic E-state index is 11.3. The minimum Gasteiger partial charge on any atom is -0.478 e. The summed E-state index contributed by atoms with van der Waals surface area (Å²) in [5.41, 5.74) is 4.72. The fraction of sp³-hybridized carbons (Fsp3) is 0. The van der Waals surface area contributed by atoms with E-state index in [1.54, 1.807) is 22.9 Å². The lowest BCUT2D eigenvalue weighted by molar-refractivity contribution is 0.0697. The first kappa shape index (κ1) is 15.8. The summed E-state index contributed by atoms with van der Waals surface area (Å²) in [7, 11) is 0. The van der Waals surface area contributed by atoms with Crippen LogP contribution in [0.2, 0.25) is 0 Å². The number of aromatic nitrogens is 2. The third-order valence-corrected chi connectivity index (χ3v) is 4.19. The van der Waals surface area contributed by atoms with Crippen molar-refractivity contribution in [2.24, 2.45) is 0 Å². The van der Waals surface area contributed by atoms with Crippen LogP contribution in [0.25, 0.3) is 28.2 Å². The zero-order valence-electron chi connectivity index (χ0n) is 13.9. The molecule has 4 aromatic rings. The maximum atomic E-state index is 11.3. The van der Waals surface area contributed by atoms with Crippen LogP contribution in [0.5, 0.6) is 0 Å². The van der Waals surface area contributed by atoms with Gasteiger partial charge in [-0.1, -0.05) is 66.7 Å². The van der Waals surface area contributed by atoms with Gasteiger partial charge in [-0.05, 0) is 24.3 Å². The van der Waals surface area contributed by atoms with Gasteiger partial charge in [-0.25, -0.2) is 9.48 Å². The Morgan fingerprint density at radius 1 is 0.769 bits per heavy atom. The van der Waals surface area contributed by atoms with Gasteiger partial charge in [0.15, 0.2) is 0 Å². The summed E-state index contributed by atoms with van der Waals surface area (Å²) < 4.78 is 1.80. The average Bonchev–Trinajstić information content (AvgIpc) is 3.15. The van der Waals surface area contributed by atoms with Crippen LogP contribution >= 0.6 is 0 Å².